The first-order valence-corrected chi connectivity index (χ1v) is 8.19. The number of esters is 2. The van der Waals surface area contributed by atoms with Crippen LogP contribution in [-0.2, 0) is 42.7 Å². The fourth-order valence-corrected chi connectivity index (χ4v) is 1.62. The van der Waals surface area contributed by atoms with Gasteiger partial charge in [-0.1, -0.05) is 0 Å². The van der Waals surface area contributed by atoms with Crippen LogP contribution < -0.4 is 0 Å². The summed E-state index contributed by atoms with van der Waals surface area (Å²) in [6.45, 7) is 4.23. The second-order valence-corrected chi connectivity index (χ2v) is 4.73. The summed E-state index contributed by atoms with van der Waals surface area (Å²) in [6, 6.07) is 0. The maximum Gasteiger partial charge on any atom is 0.331 e. The van der Waals surface area contributed by atoms with Crippen LogP contribution in [0.1, 0.15) is 0 Å². The predicted octanol–water partition coefficient (Wildman–Crippen LogP) is -0.274. The van der Waals surface area contributed by atoms with Crippen molar-refractivity contribution in [2.75, 3.05) is 79.3 Å². The van der Waals surface area contributed by atoms with E-state index in [1.807, 2.05) is 0 Å². The molecule has 0 aromatic heterocycles. The number of carbonyl (C=O) groups is 2. The maximum atomic E-state index is 11.4. The van der Waals surface area contributed by atoms with Crippen LogP contribution >= 0.6 is 0 Å². The van der Waals surface area contributed by atoms with E-state index in [0.717, 1.165) is 12.2 Å². The van der Waals surface area contributed by atoms with Crippen LogP contribution in [0.4, 0.5) is 0 Å². The van der Waals surface area contributed by atoms with Gasteiger partial charge in [0.15, 0.2) is 0 Å². The summed E-state index contributed by atoms with van der Waals surface area (Å²) in [7, 11) is 0. The van der Waals surface area contributed by atoms with Crippen molar-refractivity contribution in [3.63, 3.8) is 0 Å². The highest BCUT2D eigenvalue weighted by molar-refractivity contribution is 5.91. The first-order valence-electron chi connectivity index (χ1n) is 8.19. The van der Waals surface area contributed by atoms with E-state index in [4.69, 9.17) is 33.2 Å². The van der Waals surface area contributed by atoms with Crippen molar-refractivity contribution in [2.24, 2.45) is 0 Å². The zero-order valence-corrected chi connectivity index (χ0v) is 14.3. The number of carbonyl (C=O) groups excluding carboxylic acids is 2. The number of hydrogen-bond acceptors (Lipinski definition) is 9. The van der Waals surface area contributed by atoms with Crippen LogP contribution in [0.2, 0.25) is 0 Å². The summed E-state index contributed by atoms with van der Waals surface area (Å²) in [5.74, 6) is -1.28. The molecule has 0 unspecified atom stereocenters. The summed E-state index contributed by atoms with van der Waals surface area (Å²) in [6.07, 6.45) is 2.02. The predicted molar refractivity (Wildman–Crippen MR) is 85.2 cm³/mol. The van der Waals surface area contributed by atoms with Gasteiger partial charge < -0.3 is 33.2 Å². The van der Waals surface area contributed by atoms with E-state index in [2.05, 4.69) is 0 Å². The van der Waals surface area contributed by atoms with Gasteiger partial charge in [-0.15, -0.1) is 0 Å². The van der Waals surface area contributed by atoms with E-state index in [1.165, 1.54) is 0 Å². The second-order valence-electron chi connectivity index (χ2n) is 4.73. The maximum absolute atomic E-state index is 11.4. The molecule has 9 heteroatoms. The van der Waals surface area contributed by atoms with Gasteiger partial charge in [0, 0.05) is 12.2 Å². The van der Waals surface area contributed by atoms with Gasteiger partial charge >= 0.3 is 11.9 Å². The van der Waals surface area contributed by atoms with Gasteiger partial charge in [0.1, 0.15) is 13.2 Å². The zero-order chi connectivity index (χ0) is 18.0. The Labute approximate surface area is 147 Å². The quantitative estimate of drug-likeness (QED) is 0.539. The molecule has 0 fully saturated rings. The van der Waals surface area contributed by atoms with E-state index >= 15 is 0 Å². The Hall–Kier alpha value is -1.52. The number of cyclic esters (lactones) is 2. The summed E-state index contributed by atoms with van der Waals surface area (Å²) >= 11 is 0. The summed E-state index contributed by atoms with van der Waals surface area (Å²) in [5.41, 5.74) is 0. The lowest BCUT2D eigenvalue weighted by Crippen LogP contribution is -2.14. The highest BCUT2D eigenvalue weighted by Gasteiger charge is 2.02. The molecule has 9 nitrogen and oxygen atoms in total. The molecule has 1 rings (SSSR count). The standard InChI is InChI=1S/C16H26O9/c17-15-1-2-16(18)25-14-12-23-10-8-21-6-4-19-3-5-20-7-9-22-11-13-24-15/h1-2H,3-14H2/b2-1+. The highest BCUT2D eigenvalue weighted by atomic mass is 16.6. The minimum absolute atomic E-state index is 0.0924. The first kappa shape index (κ1) is 21.5. The lowest BCUT2D eigenvalue weighted by molar-refractivity contribution is -0.142. The lowest BCUT2D eigenvalue weighted by atomic mass is 10.5. The fraction of sp³-hybridized carbons (Fsp3) is 0.750. The van der Waals surface area contributed by atoms with Gasteiger partial charge in [-0.3, -0.25) is 0 Å². The van der Waals surface area contributed by atoms with Gasteiger partial charge in [-0.25, -0.2) is 9.59 Å². The van der Waals surface area contributed by atoms with Gasteiger partial charge in [0.2, 0.25) is 0 Å². The van der Waals surface area contributed by atoms with Gasteiger partial charge in [0.05, 0.1) is 66.1 Å². The number of rotatable bonds is 0. The minimum atomic E-state index is -0.638. The van der Waals surface area contributed by atoms with Crippen molar-refractivity contribution in [3.05, 3.63) is 12.2 Å². The van der Waals surface area contributed by atoms with Gasteiger partial charge in [-0.2, -0.15) is 0 Å². The molecule has 25 heavy (non-hydrogen) atoms. The van der Waals surface area contributed by atoms with Crippen LogP contribution in [0.3, 0.4) is 0 Å². The zero-order valence-electron chi connectivity index (χ0n) is 14.3. The van der Waals surface area contributed by atoms with Crippen molar-refractivity contribution < 1.29 is 42.7 Å². The Morgan fingerprint density at radius 2 is 0.680 bits per heavy atom. The molecule has 1 heterocycles. The monoisotopic (exact) mass is 362 g/mol. The first-order chi connectivity index (χ1) is 12.3. The lowest BCUT2D eigenvalue weighted by Gasteiger charge is -2.08. The molecule has 0 N–H and O–H groups in total. The van der Waals surface area contributed by atoms with E-state index in [0.29, 0.717) is 52.9 Å². The molecule has 0 spiro atoms. The molecule has 0 bridgehead atoms. The Morgan fingerprint density at radius 3 is 0.960 bits per heavy atom. The average Bonchev–Trinajstić information content (AvgIpc) is 2.61. The third-order valence-electron chi connectivity index (χ3n) is 2.79. The van der Waals surface area contributed by atoms with E-state index < -0.39 is 11.9 Å². The Bertz CT molecular complexity index is 350. The van der Waals surface area contributed by atoms with Crippen LogP contribution in [0.25, 0.3) is 0 Å². The SMILES string of the molecule is O=C1/C=C/C(=O)OCCOCCOCCOCCOCCOCCO1. The van der Waals surface area contributed by atoms with Crippen molar-refractivity contribution in [3.8, 4) is 0 Å². The molecule has 0 aliphatic carbocycles. The normalized spacial score (nSPS) is 23.2. The summed E-state index contributed by atoms with van der Waals surface area (Å²) in [4.78, 5) is 22.7. The smallest absolute Gasteiger partial charge is 0.331 e. The summed E-state index contributed by atoms with van der Waals surface area (Å²) < 4.78 is 36.1. The Balaban J connectivity index is 2.23. The molecule has 0 saturated carbocycles. The molecule has 0 saturated heterocycles. The molecule has 0 aromatic carbocycles. The third kappa shape index (κ3) is 14.5. The van der Waals surface area contributed by atoms with Crippen LogP contribution in [-0.4, -0.2) is 91.2 Å². The highest BCUT2D eigenvalue weighted by Crippen LogP contribution is 1.89. The second kappa shape index (κ2) is 16.0. The average molecular weight is 362 g/mol. The van der Waals surface area contributed by atoms with E-state index in [-0.39, 0.29) is 26.4 Å². The molecular formula is C16H26O9. The minimum Gasteiger partial charge on any atom is -0.460 e. The van der Waals surface area contributed by atoms with Gasteiger partial charge in [-0.05, 0) is 0 Å². The van der Waals surface area contributed by atoms with Crippen molar-refractivity contribution in [1.29, 1.82) is 0 Å². The van der Waals surface area contributed by atoms with E-state index in [1.54, 1.807) is 0 Å². The van der Waals surface area contributed by atoms with Crippen LogP contribution in [0.5, 0.6) is 0 Å². The van der Waals surface area contributed by atoms with Gasteiger partial charge in [0.25, 0.3) is 0 Å². The van der Waals surface area contributed by atoms with Crippen molar-refractivity contribution in [1.82, 2.24) is 0 Å². The van der Waals surface area contributed by atoms with E-state index in [9.17, 15) is 9.59 Å². The Morgan fingerprint density at radius 1 is 0.440 bits per heavy atom. The third-order valence-corrected chi connectivity index (χ3v) is 2.79. The molecule has 0 atom stereocenters. The fourth-order valence-electron chi connectivity index (χ4n) is 1.62. The molecule has 0 aromatic rings. The largest absolute Gasteiger partial charge is 0.460 e. The molecule has 1 aliphatic rings. The molecular weight excluding hydrogens is 336 g/mol. The van der Waals surface area contributed by atoms with Crippen molar-refractivity contribution >= 4 is 11.9 Å². The van der Waals surface area contributed by atoms with Crippen LogP contribution in [0, 0.1) is 0 Å². The molecule has 0 amide bonds. The molecule has 144 valence electrons. The molecule has 1 aliphatic heterocycles. The van der Waals surface area contributed by atoms with Crippen LogP contribution in [0.15, 0.2) is 12.2 Å². The topological polar surface area (TPSA) is 98.8 Å². The van der Waals surface area contributed by atoms with Crippen molar-refractivity contribution in [2.45, 2.75) is 0 Å². The molecule has 0 radical (unpaired) electrons. The number of hydrogen-bond donors (Lipinski definition) is 0. The number of ether oxygens (including phenoxy) is 7. The summed E-state index contributed by atoms with van der Waals surface area (Å²) in [5, 5.41) is 0. The Kier molecular flexibility index (Phi) is 13.8.